The maximum atomic E-state index is 11.7. The van der Waals surface area contributed by atoms with Crippen LogP contribution in [0.15, 0.2) is 0 Å². The maximum Gasteiger partial charge on any atom is 0.317 e. The van der Waals surface area contributed by atoms with Crippen molar-refractivity contribution < 1.29 is 24.5 Å². The first-order valence-electron chi connectivity index (χ1n) is 6.10. The van der Waals surface area contributed by atoms with Crippen LogP contribution >= 0.6 is 0 Å². The second-order valence-electron chi connectivity index (χ2n) is 4.20. The topological polar surface area (TPSA) is 99.1 Å². The van der Waals surface area contributed by atoms with Gasteiger partial charge >= 0.3 is 12.0 Å². The van der Waals surface area contributed by atoms with Gasteiger partial charge in [-0.15, -0.1) is 0 Å². The molecule has 2 amide bonds. The molecule has 0 aromatic carbocycles. The number of aliphatic hydroxyl groups excluding tert-OH is 1. The number of ether oxygens (including phenoxy) is 1. The van der Waals surface area contributed by atoms with Crippen molar-refractivity contribution in [1.82, 2.24) is 10.2 Å². The molecule has 1 unspecified atom stereocenters. The number of hydrogen-bond donors (Lipinski definition) is 3. The lowest BCUT2D eigenvalue weighted by atomic mass is 10.2. The van der Waals surface area contributed by atoms with Crippen LogP contribution < -0.4 is 5.32 Å². The number of amides is 2. The predicted octanol–water partition coefficient (Wildman–Crippen LogP) is -0.356. The molecule has 1 fully saturated rings. The maximum absolute atomic E-state index is 11.7. The Labute approximate surface area is 106 Å². The summed E-state index contributed by atoms with van der Waals surface area (Å²) >= 11 is 0. The average molecular weight is 260 g/mol. The highest BCUT2D eigenvalue weighted by Crippen LogP contribution is 2.04. The van der Waals surface area contributed by atoms with Gasteiger partial charge in [-0.1, -0.05) is 0 Å². The Hall–Kier alpha value is -1.34. The second-order valence-corrected chi connectivity index (χ2v) is 4.20. The summed E-state index contributed by atoms with van der Waals surface area (Å²) in [5, 5.41) is 20.1. The van der Waals surface area contributed by atoms with E-state index in [1.165, 1.54) is 0 Å². The van der Waals surface area contributed by atoms with Crippen molar-refractivity contribution in [3.63, 3.8) is 0 Å². The molecule has 0 bridgehead atoms. The van der Waals surface area contributed by atoms with Crippen LogP contribution in [0.5, 0.6) is 0 Å². The van der Waals surface area contributed by atoms with Crippen molar-refractivity contribution in [2.75, 3.05) is 32.8 Å². The highest BCUT2D eigenvalue weighted by atomic mass is 16.5. The molecule has 104 valence electrons. The van der Waals surface area contributed by atoms with E-state index in [0.717, 1.165) is 0 Å². The van der Waals surface area contributed by atoms with Crippen LogP contribution in [0, 0.1) is 0 Å². The molecule has 7 nitrogen and oxygen atoms in total. The van der Waals surface area contributed by atoms with Crippen molar-refractivity contribution in [3.05, 3.63) is 0 Å². The molecule has 7 heteroatoms. The van der Waals surface area contributed by atoms with E-state index in [1.807, 2.05) is 0 Å². The van der Waals surface area contributed by atoms with Gasteiger partial charge in [-0.3, -0.25) is 4.79 Å². The van der Waals surface area contributed by atoms with Crippen molar-refractivity contribution in [2.24, 2.45) is 0 Å². The summed E-state index contributed by atoms with van der Waals surface area (Å²) in [5.41, 5.74) is 0. The Morgan fingerprint density at radius 1 is 1.39 bits per heavy atom. The van der Waals surface area contributed by atoms with E-state index >= 15 is 0 Å². The zero-order valence-corrected chi connectivity index (χ0v) is 10.3. The fourth-order valence-electron chi connectivity index (χ4n) is 1.72. The van der Waals surface area contributed by atoms with E-state index in [9.17, 15) is 9.59 Å². The number of carbonyl (C=O) groups excluding carboxylic acids is 1. The van der Waals surface area contributed by atoms with Gasteiger partial charge in [0, 0.05) is 19.5 Å². The lowest BCUT2D eigenvalue weighted by molar-refractivity contribution is -0.137. The van der Waals surface area contributed by atoms with Gasteiger partial charge in [0.05, 0.1) is 25.9 Å². The normalized spacial score (nSPS) is 19.6. The molecule has 1 rings (SSSR count). The number of nitrogens with one attached hydrogen (secondary N) is 1. The van der Waals surface area contributed by atoms with Crippen LogP contribution in [0.4, 0.5) is 4.79 Å². The van der Waals surface area contributed by atoms with Crippen molar-refractivity contribution in [3.8, 4) is 0 Å². The van der Waals surface area contributed by atoms with Crippen LogP contribution in [-0.4, -0.2) is 66.1 Å². The van der Waals surface area contributed by atoms with E-state index in [0.29, 0.717) is 39.1 Å². The van der Waals surface area contributed by atoms with Gasteiger partial charge in [0.25, 0.3) is 0 Å². The fourth-order valence-corrected chi connectivity index (χ4v) is 1.72. The molecule has 0 aromatic heterocycles. The van der Waals surface area contributed by atoms with E-state index in [2.05, 4.69) is 5.32 Å². The molecule has 0 aromatic rings. The SMILES string of the molecule is O=C(O)CCCCNC(=O)N1CCOC(CO)C1. The number of rotatable bonds is 6. The average Bonchev–Trinajstić information content (AvgIpc) is 2.37. The summed E-state index contributed by atoms with van der Waals surface area (Å²) in [7, 11) is 0. The number of morpholine rings is 1. The number of carboxylic acid groups (broad SMARTS) is 1. The van der Waals surface area contributed by atoms with Crippen LogP contribution in [0.1, 0.15) is 19.3 Å². The molecule has 0 aliphatic carbocycles. The summed E-state index contributed by atoms with van der Waals surface area (Å²) in [6.07, 6.45) is 1.01. The summed E-state index contributed by atoms with van der Waals surface area (Å²) < 4.78 is 5.24. The molecule has 1 atom stereocenters. The standard InChI is InChI=1S/C11H20N2O5/c14-8-9-7-13(5-6-18-9)11(17)12-4-2-1-3-10(15)16/h9,14H,1-8H2,(H,12,17)(H,15,16). The minimum atomic E-state index is -0.819. The summed E-state index contributed by atoms with van der Waals surface area (Å²) in [4.78, 5) is 23.6. The molecule has 1 aliphatic rings. The van der Waals surface area contributed by atoms with Crippen molar-refractivity contribution >= 4 is 12.0 Å². The Morgan fingerprint density at radius 3 is 2.83 bits per heavy atom. The quantitative estimate of drug-likeness (QED) is 0.567. The van der Waals surface area contributed by atoms with Gasteiger partial charge in [-0.05, 0) is 12.8 Å². The number of hydrogen-bond acceptors (Lipinski definition) is 4. The number of carbonyl (C=O) groups is 2. The molecule has 1 saturated heterocycles. The molecule has 0 saturated carbocycles. The van der Waals surface area contributed by atoms with Crippen LogP contribution in [0.3, 0.4) is 0 Å². The van der Waals surface area contributed by atoms with Gasteiger partial charge in [0.1, 0.15) is 0 Å². The number of urea groups is 1. The summed E-state index contributed by atoms with van der Waals surface area (Å²) in [5.74, 6) is -0.819. The van der Waals surface area contributed by atoms with Gasteiger partial charge in [0.2, 0.25) is 0 Å². The highest BCUT2D eigenvalue weighted by molar-refractivity contribution is 5.74. The Kier molecular flexibility index (Phi) is 6.45. The number of aliphatic carboxylic acids is 1. The summed E-state index contributed by atoms with van der Waals surface area (Å²) in [6.45, 7) is 1.70. The molecule has 18 heavy (non-hydrogen) atoms. The lowest BCUT2D eigenvalue weighted by Crippen LogP contribution is -2.50. The fraction of sp³-hybridized carbons (Fsp3) is 0.818. The Balaban J connectivity index is 2.14. The third kappa shape index (κ3) is 5.33. The van der Waals surface area contributed by atoms with Gasteiger partial charge in [0.15, 0.2) is 0 Å². The molecule has 0 spiro atoms. The molecule has 3 N–H and O–H groups in total. The number of unbranched alkanes of at least 4 members (excludes halogenated alkanes) is 1. The van der Waals surface area contributed by atoms with E-state index in [4.69, 9.17) is 14.9 Å². The first-order valence-corrected chi connectivity index (χ1v) is 6.10. The molecule has 1 aliphatic heterocycles. The van der Waals surface area contributed by atoms with Crippen molar-refractivity contribution in [1.29, 1.82) is 0 Å². The smallest absolute Gasteiger partial charge is 0.317 e. The lowest BCUT2D eigenvalue weighted by Gasteiger charge is -2.32. The monoisotopic (exact) mass is 260 g/mol. The van der Waals surface area contributed by atoms with Gasteiger partial charge in [-0.25, -0.2) is 4.79 Å². The minimum Gasteiger partial charge on any atom is -0.481 e. The molecular formula is C11H20N2O5. The predicted molar refractivity (Wildman–Crippen MR) is 63.3 cm³/mol. The number of aliphatic hydroxyl groups is 1. The van der Waals surface area contributed by atoms with Crippen LogP contribution in [-0.2, 0) is 9.53 Å². The van der Waals surface area contributed by atoms with Crippen LogP contribution in [0.25, 0.3) is 0 Å². The first kappa shape index (κ1) is 14.7. The summed E-state index contributed by atoms with van der Waals surface area (Å²) in [6, 6.07) is -0.188. The zero-order valence-electron chi connectivity index (χ0n) is 10.3. The van der Waals surface area contributed by atoms with Crippen molar-refractivity contribution in [2.45, 2.75) is 25.4 Å². The minimum absolute atomic E-state index is 0.0948. The third-order valence-corrected chi connectivity index (χ3v) is 2.72. The number of nitrogens with zero attached hydrogens (tertiary/aromatic N) is 1. The van der Waals surface area contributed by atoms with Gasteiger partial charge < -0.3 is 25.2 Å². The van der Waals surface area contributed by atoms with E-state index < -0.39 is 5.97 Å². The van der Waals surface area contributed by atoms with Crippen LogP contribution in [0.2, 0.25) is 0 Å². The first-order chi connectivity index (χ1) is 8.63. The Bertz CT molecular complexity index is 285. The third-order valence-electron chi connectivity index (χ3n) is 2.72. The number of carboxylic acids is 1. The van der Waals surface area contributed by atoms with Gasteiger partial charge in [-0.2, -0.15) is 0 Å². The molecular weight excluding hydrogens is 240 g/mol. The Morgan fingerprint density at radius 2 is 2.17 bits per heavy atom. The second kappa shape index (κ2) is 7.88. The van der Waals surface area contributed by atoms with E-state index in [-0.39, 0.29) is 25.2 Å². The zero-order chi connectivity index (χ0) is 13.4. The molecule has 1 heterocycles. The largest absolute Gasteiger partial charge is 0.481 e. The highest BCUT2D eigenvalue weighted by Gasteiger charge is 2.23. The molecule has 0 radical (unpaired) electrons. The van der Waals surface area contributed by atoms with E-state index in [1.54, 1.807) is 4.90 Å².